The first-order chi connectivity index (χ1) is 11.1. The number of benzene rings is 1. The summed E-state index contributed by atoms with van der Waals surface area (Å²) in [7, 11) is -3.68. The molecule has 0 aliphatic heterocycles. The van der Waals surface area contributed by atoms with Crippen molar-refractivity contribution in [3.63, 3.8) is 0 Å². The molecule has 3 aromatic rings. The highest BCUT2D eigenvalue weighted by atomic mass is 32.2. The fourth-order valence-electron chi connectivity index (χ4n) is 3.41. The second-order valence-corrected chi connectivity index (χ2v) is 8.30. The summed E-state index contributed by atoms with van der Waals surface area (Å²) in [6.45, 7) is 11.4. The number of aryl methyl sites for hydroxylation is 6. The van der Waals surface area contributed by atoms with Crippen LogP contribution in [0.1, 0.15) is 33.6 Å². The summed E-state index contributed by atoms with van der Waals surface area (Å²) >= 11 is 0. The van der Waals surface area contributed by atoms with Gasteiger partial charge in [0.25, 0.3) is 10.0 Å². The fraction of sp³-hybridized carbons (Fsp3) is 0.316. The van der Waals surface area contributed by atoms with Crippen LogP contribution < -0.4 is 0 Å². The lowest BCUT2D eigenvalue weighted by molar-refractivity contribution is 0.586. The van der Waals surface area contributed by atoms with Gasteiger partial charge in [0.15, 0.2) is 0 Å². The summed E-state index contributed by atoms with van der Waals surface area (Å²) < 4.78 is 28.3. The van der Waals surface area contributed by atoms with Crippen LogP contribution in [0.4, 0.5) is 0 Å². The van der Waals surface area contributed by atoms with Crippen LogP contribution in [-0.4, -0.2) is 17.4 Å². The average Bonchev–Trinajstić information content (AvgIpc) is 2.73. The first kappa shape index (κ1) is 16.7. The second-order valence-electron chi connectivity index (χ2n) is 6.58. The van der Waals surface area contributed by atoms with Crippen LogP contribution in [0.15, 0.2) is 29.2 Å². The molecule has 2 heterocycles. The molecular formula is C19H22N2O2S. The van der Waals surface area contributed by atoms with Gasteiger partial charge in [-0.25, -0.2) is 12.4 Å². The smallest absolute Gasteiger partial charge is 0.251 e. The summed E-state index contributed by atoms with van der Waals surface area (Å²) in [5.41, 5.74) is 6.51. The summed E-state index contributed by atoms with van der Waals surface area (Å²) in [4.78, 5) is 4.92. The predicted octanol–water partition coefficient (Wildman–Crippen LogP) is 4.12. The normalized spacial score (nSPS) is 12.1. The third-order valence-electron chi connectivity index (χ3n) is 4.46. The lowest BCUT2D eigenvalue weighted by Crippen LogP contribution is -2.17. The Labute approximate surface area is 143 Å². The van der Waals surface area contributed by atoms with Gasteiger partial charge in [0.2, 0.25) is 0 Å². The SMILES string of the molecule is Cc1cc(C)c(S(=O)(=O)n2c(C)cc3nc(C)c(C)cc32)c(C)c1. The molecule has 0 saturated carbocycles. The van der Waals surface area contributed by atoms with E-state index in [0.717, 1.165) is 27.9 Å². The molecule has 1 aromatic carbocycles. The third kappa shape index (κ3) is 2.44. The van der Waals surface area contributed by atoms with Gasteiger partial charge in [-0.15, -0.1) is 0 Å². The van der Waals surface area contributed by atoms with E-state index in [2.05, 4.69) is 4.98 Å². The zero-order valence-corrected chi connectivity index (χ0v) is 15.7. The van der Waals surface area contributed by atoms with Gasteiger partial charge < -0.3 is 0 Å². The predicted molar refractivity (Wildman–Crippen MR) is 97.2 cm³/mol. The molecule has 0 saturated heterocycles. The first-order valence-corrected chi connectivity index (χ1v) is 9.36. The van der Waals surface area contributed by atoms with E-state index in [4.69, 9.17) is 0 Å². The van der Waals surface area contributed by atoms with Crippen LogP contribution >= 0.6 is 0 Å². The highest BCUT2D eigenvalue weighted by Crippen LogP contribution is 2.29. The topological polar surface area (TPSA) is 52.0 Å². The van der Waals surface area contributed by atoms with Gasteiger partial charge in [0.1, 0.15) is 0 Å². The molecular weight excluding hydrogens is 320 g/mol. The molecule has 0 aliphatic rings. The molecule has 0 spiro atoms. The van der Waals surface area contributed by atoms with Crippen molar-refractivity contribution in [2.45, 2.75) is 46.4 Å². The highest BCUT2D eigenvalue weighted by molar-refractivity contribution is 7.90. The Morgan fingerprint density at radius 1 is 0.833 bits per heavy atom. The molecule has 4 nitrogen and oxygen atoms in total. The van der Waals surface area contributed by atoms with Crippen LogP contribution in [0, 0.1) is 41.5 Å². The fourth-order valence-corrected chi connectivity index (χ4v) is 5.36. The maximum absolute atomic E-state index is 13.4. The molecule has 0 atom stereocenters. The Bertz CT molecular complexity index is 1050. The van der Waals surface area contributed by atoms with Gasteiger partial charge in [-0.3, -0.25) is 4.98 Å². The molecule has 0 amide bonds. The van der Waals surface area contributed by atoms with Gasteiger partial charge in [-0.1, -0.05) is 17.7 Å². The molecule has 5 heteroatoms. The molecule has 3 rings (SSSR count). The minimum absolute atomic E-state index is 0.381. The zero-order chi connectivity index (χ0) is 17.8. The summed E-state index contributed by atoms with van der Waals surface area (Å²) in [5.74, 6) is 0. The van der Waals surface area contributed by atoms with E-state index in [1.165, 1.54) is 3.97 Å². The summed E-state index contributed by atoms with van der Waals surface area (Å²) in [6.07, 6.45) is 0. The average molecular weight is 342 g/mol. The lowest BCUT2D eigenvalue weighted by Gasteiger charge is -2.15. The van der Waals surface area contributed by atoms with Gasteiger partial charge in [-0.2, -0.15) is 0 Å². The number of pyridine rings is 1. The third-order valence-corrected chi connectivity index (χ3v) is 6.59. The van der Waals surface area contributed by atoms with E-state index in [-0.39, 0.29) is 0 Å². The maximum Gasteiger partial charge on any atom is 0.268 e. The van der Waals surface area contributed by atoms with Crippen LogP contribution in [0.2, 0.25) is 0 Å². The first-order valence-electron chi connectivity index (χ1n) is 7.92. The number of aromatic nitrogens is 2. The number of rotatable bonds is 2. The summed E-state index contributed by atoms with van der Waals surface area (Å²) in [5, 5.41) is 0. The molecule has 2 aromatic heterocycles. The monoisotopic (exact) mass is 342 g/mol. The van der Waals surface area contributed by atoms with Crippen molar-refractivity contribution in [1.29, 1.82) is 0 Å². The molecule has 24 heavy (non-hydrogen) atoms. The molecule has 0 aliphatic carbocycles. The zero-order valence-electron chi connectivity index (χ0n) is 14.9. The molecule has 0 bridgehead atoms. The Kier molecular flexibility index (Phi) is 3.79. The van der Waals surface area contributed by atoms with Gasteiger partial charge in [0.05, 0.1) is 15.9 Å². The van der Waals surface area contributed by atoms with Crippen molar-refractivity contribution in [3.05, 3.63) is 57.9 Å². The van der Waals surface area contributed by atoms with Crippen LogP contribution in [0.25, 0.3) is 11.0 Å². The van der Waals surface area contributed by atoms with E-state index in [0.29, 0.717) is 21.6 Å². The molecule has 0 N–H and O–H groups in total. The van der Waals surface area contributed by atoms with Crippen LogP contribution in [-0.2, 0) is 10.0 Å². The lowest BCUT2D eigenvalue weighted by atomic mass is 10.1. The van der Waals surface area contributed by atoms with E-state index in [1.807, 2.05) is 65.8 Å². The Morgan fingerprint density at radius 3 is 2.00 bits per heavy atom. The van der Waals surface area contributed by atoms with Crippen molar-refractivity contribution >= 4 is 21.1 Å². The summed E-state index contributed by atoms with van der Waals surface area (Å²) in [6, 6.07) is 7.56. The van der Waals surface area contributed by atoms with E-state index < -0.39 is 10.0 Å². The number of fused-ring (bicyclic) bond motifs is 1. The number of hydrogen-bond acceptors (Lipinski definition) is 3. The molecule has 0 fully saturated rings. The Morgan fingerprint density at radius 2 is 1.42 bits per heavy atom. The van der Waals surface area contributed by atoms with E-state index in [9.17, 15) is 8.42 Å². The van der Waals surface area contributed by atoms with Gasteiger partial charge in [0, 0.05) is 11.4 Å². The number of nitrogens with zero attached hydrogens (tertiary/aromatic N) is 2. The highest BCUT2D eigenvalue weighted by Gasteiger charge is 2.26. The Hall–Kier alpha value is -2.14. The van der Waals surface area contributed by atoms with Crippen LogP contribution in [0.3, 0.4) is 0 Å². The largest absolute Gasteiger partial charge is 0.268 e. The van der Waals surface area contributed by atoms with Crippen molar-refractivity contribution < 1.29 is 8.42 Å². The van der Waals surface area contributed by atoms with Crippen molar-refractivity contribution in [2.24, 2.45) is 0 Å². The van der Waals surface area contributed by atoms with E-state index in [1.54, 1.807) is 0 Å². The number of hydrogen-bond donors (Lipinski definition) is 0. The molecule has 0 unspecified atom stereocenters. The quantitative estimate of drug-likeness (QED) is 0.704. The molecule has 0 radical (unpaired) electrons. The minimum Gasteiger partial charge on any atom is -0.251 e. The minimum atomic E-state index is -3.68. The van der Waals surface area contributed by atoms with Gasteiger partial charge in [-0.05, 0) is 70.4 Å². The van der Waals surface area contributed by atoms with Gasteiger partial charge >= 0.3 is 0 Å². The second kappa shape index (κ2) is 5.45. The Balaban J connectivity index is 2.39. The van der Waals surface area contributed by atoms with Crippen molar-refractivity contribution in [3.8, 4) is 0 Å². The van der Waals surface area contributed by atoms with Crippen molar-refractivity contribution in [1.82, 2.24) is 8.96 Å². The van der Waals surface area contributed by atoms with E-state index >= 15 is 0 Å². The standard InChI is InChI=1S/C19H22N2O2S/c1-11-7-13(3)19(14(4)8-11)24(22,23)21-15(5)10-17-18(21)9-12(2)16(6)20-17/h7-10H,1-6H3. The van der Waals surface area contributed by atoms with Crippen molar-refractivity contribution in [2.75, 3.05) is 0 Å². The van der Waals surface area contributed by atoms with Crippen LogP contribution in [0.5, 0.6) is 0 Å². The molecule has 126 valence electrons. The maximum atomic E-state index is 13.4.